The molecule has 1 heteroatoms. The fraction of sp³-hybridized carbons (Fsp3) is 0.571. The first-order valence-electron chi connectivity index (χ1n) is 14.8. The predicted octanol–water partition coefficient (Wildman–Crippen LogP) is 12.5. The average Bonchev–Trinajstić information content (AvgIpc) is 2.93. The molecule has 0 saturated heterocycles. The molecular formula is C35H59N. The van der Waals surface area contributed by atoms with Crippen molar-refractivity contribution in [2.45, 2.75) is 127 Å². The Balaban J connectivity index is 0. The molecule has 1 saturated carbocycles. The second-order valence-corrected chi connectivity index (χ2v) is 9.23. The number of hydrogen-bond donors (Lipinski definition) is 0. The second-order valence-electron chi connectivity index (χ2n) is 9.23. The van der Waals surface area contributed by atoms with E-state index in [9.17, 15) is 0 Å². The van der Waals surface area contributed by atoms with Crippen LogP contribution in [0, 0.1) is 5.92 Å². The first-order valence-corrected chi connectivity index (χ1v) is 14.8. The Morgan fingerprint density at radius 3 is 1.69 bits per heavy atom. The van der Waals surface area contributed by atoms with Crippen molar-refractivity contribution in [3.8, 4) is 0 Å². The van der Waals surface area contributed by atoms with E-state index in [-0.39, 0.29) is 0 Å². The third-order valence-corrected chi connectivity index (χ3v) is 5.83. The number of rotatable bonds is 7. The van der Waals surface area contributed by atoms with Gasteiger partial charge in [-0.2, -0.15) is 0 Å². The van der Waals surface area contributed by atoms with Crippen molar-refractivity contribution >= 4 is 22.1 Å². The Hall–Kier alpha value is -2.15. The molecule has 0 bridgehead atoms. The number of aliphatic imine (C=N–C) groups is 1. The minimum Gasteiger partial charge on any atom is -0.266 e. The van der Waals surface area contributed by atoms with Gasteiger partial charge in [-0.3, -0.25) is 4.99 Å². The zero-order valence-corrected chi connectivity index (χ0v) is 25.5. The lowest BCUT2D eigenvalue weighted by molar-refractivity contribution is 0.480. The Bertz CT molecular complexity index is 802. The lowest BCUT2D eigenvalue weighted by Gasteiger charge is -2.05. The standard InChI is InChI=1S/C17H17N.C8H18.C6H12.2C2H6/c1-4-14(12-18-13(2)3)17-10-9-15-7-5-6-8-16(15)11-17;1-4-6-8(3)7-5-2;1-2-4-6-5-3-1;2*1-2/h4-12H,1H2,2-3H3;8H,4-7H2,1-3H3;1-6H2;2*1-2H3/b14-12+;;;;. The molecule has 0 aromatic heterocycles. The van der Waals surface area contributed by atoms with Gasteiger partial charge >= 0.3 is 0 Å². The molecule has 0 radical (unpaired) electrons. The van der Waals surface area contributed by atoms with Crippen LogP contribution >= 0.6 is 0 Å². The summed E-state index contributed by atoms with van der Waals surface area (Å²) in [6, 6.07) is 14.7. The van der Waals surface area contributed by atoms with Crippen LogP contribution in [0.25, 0.3) is 16.3 Å². The van der Waals surface area contributed by atoms with Gasteiger partial charge in [-0.15, -0.1) is 0 Å². The topological polar surface area (TPSA) is 12.4 Å². The molecule has 1 fully saturated rings. The molecule has 1 aliphatic carbocycles. The average molecular weight is 494 g/mol. The zero-order valence-electron chi connectivity index (χ0n) is 25.5. The Morgan fingerprint density at radius 1 is 0.806 bits per heavy atom. The minimum absolute atomic E-state index is 0.963. The van der Waals surface area contributed by atoms with Gasteiger partial charge in [-0.05, 0) is 47.7 Å². The summed E-state index contributed by atoms with van der Waals surface area (Å²) in [5, 5.41) is 2.49. The van der Waals surface area contributed by atoms with Crippen molar-refractivity contribution < 1.29 is 0 Å². The highest BCUT2D eigenvalue weighted by Gasteiger charge is 1.99. The molecule has 0 atom stereocenters. The molecule has 0 heterocycles. The third kappa shape index (κ3) is 18.2. The van der Waals surface area contributed by atoms with Crippen molar-refractivity contribution in [1.29, 1.82) is 0 Å². The Kier molecular flexibility index (Phi) is 25.9. The van der Waals surface area contributed by atoms with Gasteiger partial charge in [-0.25, -0.2) is 0 Å². The molecule has 0 aliphatic heterocycles. The van der Waals surface area contributed by atoms with Crippen LogP contribution in [0.1, 0.15) is 132 Å². The quantitative estimate of drug-likeness (QED) is 0.268. The van der Waals surface area contributed by atoms with E-state index in [4.69, 9.17) is 0 Å². The van der Waals surface area contributed by atoms with Gasteiger partial charge in [0.15, 0.2) is 0 Å². The summed E-state index contributed by atoms with van der Waals surface area (Å²) in [4.78, 5) is 4.34. The van der Waals surface area contributed by atoms with Crippen molar-refractivity contribution in [3.05, 3.63) is 66.9 Å². The molecule has 0 spiro atoms. The van der Waals surface area contributed by atoms with Crippen LogP contribution in [-0.2, 0) is 0 Å². The molecule has 1 nitrogen and oxygen atoms in total. The summed E-state index contributed by atoms with van der Waals surface area (Å²) in [5.74, 6) is 0.963. The Labute approximate surface area is 226 Å². The van der Waals surface area contributed by atoms with E-state index in [1.807, 2.05) is 53.8 Å². The van der Waals surface area contributed by atoms with Crippen LogP contribution < -0.4 is 0 Å². The molecule has 3 rings (SSSR count). The fourth-order valence-corrected chi connectivity index (χ4v) is 4.00. The first-order chi connectivity index (χ1) is 17.5. The molecule has 204 valence electrons. The van der Waals surface area contributed by atoms with Crippen molar-refractivity contribution in [2.75, 3.05) is 0 Å². The number of benzene rings is 2. The van der Waals surface area contributed by atoms with Crippen molar-refractivity contribution in [2.24, 2.45) is 10.9 Å². The number of nitrogens with zero attached hydrogens (tertiary/aromatic N) is 1. The largest absolute Gasteiger partial charge is 0.266 e. The molecule has 0 unspecified atom stereocenters. The van der Waals surface area contributed by atoms with Crippen LogP contribution in [0.5, 0.6) is 0 Å². The van der Waals surface area contributed by atoms with Crippen LogP contribution in [0.3, 0.4) is 0 Å². The van der Waals surface area contributed by atoms with Crippen LogP contribution in [0.4, 0.5) is 0 Å². The maximum atomic E-state index is 4.34. The zero-order chi connectivity index (χ0) is 27.6. The van der Waals surface area contributed by atoms with Gasteiger partial charge in [-0.1, -0.05) is 162 Å². The normalized spacial score (nSPS) is 12.3. The van der Waals surface area contributed by atoms with Gasteiger partial charge < -0.3 is 0 Å². The summed E-state index contributed by atoms with van der Waals surface area (Å²) < 4.78 is 0. The summed E-state index contributed by atoms with van der Waals surface area (Å²) in [6.07, 6.45) is 18.2. The van der Waals surface area contributed by atoms with Crippen molar-refractivity contribution in [3.63, 3.8) is 0 Å². The molecule has 2 aromatic carbocycles. The summed E-state index contributed by atoms with van der Waals surface area (Å²) in [6.45, 7) is 22.7. The minimum atomic E-state index is 0.963. The fourth-order valence-electron chi connectivity index (χ4n) is 4.00. The van der Waals surface area contributed by atoms with Crippen LogP contribution in [0.2, 0.25) is 0 Å². The molecule has 2 aromatic rings. The SMILES string of the molecule is C1CCCCC1.C=C/C(=C\N=C(C)C)c1ccc2ccccc2c1.CC.CC.CCCC(C)CCC. The van der Waals surface area contributed by atoms with E-state index in [1.54, 1.807) is 0 Å². The number of allylic oxidation sites excluding steroid dienone is 2. The molecule has 36 heavy (non-hydrogen) atoms. The van der Waals surface area contributed by atoms with Crippen LogP contribution in [-0.4, -0.2) is 5.71 Å². The second kappa shape index (κ2) is 25.9. The van der Waals surface area contributed by atoms with E-state index < -0.39 is 0 Å². The summed E-state index contributed by atoms with van der Waals surface area (Å²) in [7, 11) is 0. The smallest absolute Gasteiger partial charge is 0.0345 e. The lowest BCUT2D eigenvalue weighted by atomic mass is 10.0. The van der Waals surface area contributed by atoms with E-state index in [1.165, 1.54) is 75.0 Å². The van der Waals surface area contributed by atoms with E-state index >= 15 is 0 Å². The summed E-state index contributed by atoms with van der Waals surface area (Å²) in [5.41, 5.74) is 3.23. The summed E-state index contributed by atoms with van der Waals surface area (Å²) >= 11 is 0. The highest BCUT2D eigenvalue weighted by atomic mass is 14.7. The van der Waals surface area contributed by atoms with Gasteiger partial charge in [0.05, 0.1) is 0 Å². The van der Waals surface area contributed by atoms with Gasteiger partial charge in [0.2, 0.25) is 0 Å². The number of hydrogen-bond acceptors (Lipinski definition) is 1. The molecule has 0 N–H and O–H groups in total. The van der Waals surface area contributed by atoms with E-state index in [0.717, 1.165) is 22.8 Å². The highest BCUT2D eigenvalue weighted by Crippen LogP contribution is 2.22. The highest BCUT2D eigenvalue weighted by molar-refractivity contribution is 5.88. The first kappa shape index (κ1) is 36.0. The lowest BCUT2D eigenvalue weighted by Crippen LogP contribution is -1.91. The third-order valence-electron chi connectivity index (χ3n) is 5.83. The monoisotopic (exact) mass is 493 g/mol. The predicted molar refractivity (Wildman–Crippen MR) is 170 cm³/mol. The molecule has 1 aliphatic rings. The maximum absolute atomic E-state index is 4.34. The van der Waals surface area contributed by atoms with Gasteiger partial charge in [0, 0.05) is 11.9 Å². The van der Waals surface area contributed by atoms with Gasteiger partial charge in [0.25, 0.3) is 0 Å². The van der Waals surface area contributed by atoms with Gasteiger partial charge in [0.1, 0.15) is 0 Å². The maximum Gasteiger partial charge on any atom is 0.0345 e. The Morgan fingerprint density at radius 2 is 1.28 bits per heavy atom. The van der Waals surface area contributed by atoms with Crippen LogP contribution in [0.15, 0.2) is 66.3 Å². The van der Waals surface area contributed by atoms with Crippen molar-refractivity contribution in [1.82, 2.24) is 0 Å². The number of fused-ring (bicyclic) bond motifs is 1. The molecule has 0 amide bonds. The van der Waals surface area contributed by atoms with E-state index in [0.29, 0.717) is 0 Å². The molecular weight excluding hydrogens is 434 g/mol. The van der Waals surface area contributed by atoms with E-state index in [2.05, 4.69) is 74.8 Å².